The lowest BCUT2D eigenvalue weighted by Gasteiger charge is -2.16. The summed E-state index contributed by atoms with van der Waals surface area (Å²) in [7, 11) is 0. The SMILES string of the molecule is Cc1ncccc1CN1C[C@@H](Cc2cnccn2)[C@H](O)C1. The molecule has 2 aromatic rings. The first-order valence-corrected chi connectivity index (χ1v) is 7.28. The average molecular weight is 284 g/mol. The first-order valence-electron chi connectivity index (χ1n) is 7.28. The van der Waals surface area contributed by atoms with Crippen LogP contribution in [0.3, 0.4) is 0 Å². The van der Waals surface area contributed by atoms with Gasteiger partial charge >= 0.3 is 0 Å². The van der Waals surface area contributed by atoms with E-state index < -0.39 is 0 Å². The highest BCUT2D eigenvalue weighted by molar-refractivity contribution is 5.18. The van der Waals surface area contributed by atoms with E-state index in [-0.39, 0.29) is 12.0 Å². The number of aromatic nitrogens is 3. The van der Waals surface area contributed by atoms with Crippen molar-refractivity contribution in [3.05, 3.63) is 53.9 Å². The highest BCUT2D eigenvalue weighted by Gasteiger charge is 2.31. The van der Waals surface area contributed by atoms with Gasteiger partial charge in [0.1, 0.15) is 0 Å². The summed E-state index contributed by atoms with van der Waals surface area (Å²) in [5.74, 6) is 0.221. The largest absolute Gasteiger partial charge is 0.391 e. The van der Waals surface area contributed by atoms with Gasteiger partial charge in [0.15, 0.2) is 0 Å². The normalized spacial score (nSPS) is 22.6. The van der Waals surface area contributed by atoms with Gasteiger partial charge in [0, 0.05) is 56.0 Å². The van der Waals surface area contributed by atoms with Crippen LogP contribution < -0.4 is 0 Å². The molecular weight excluding hydrogens is 264 g/mol. The Morgan fingerprint density at radius 1 is 1.24 bits per heavy atom. The molecule has 1 aliphatic rings. The molecular formula is C16H20N4O. The second-order valence-electron chi connectivity index (χ2n) is 5.67. The molecule has 0 amide bonds. The van der Waals surface area contributed by atoms with Gasteiger partial charge in [-0.3, -0.25) is 19.9 Å². The number of hydrogen-bond acceptors (Lipinski definition) is 5. The highest BCUT2D eigenvalue weighted by Crippen LogP contribution is 2.22. The van der Waals surface area contributed by atoms with E-state index in [0.29, 0.717) is 6.54 Å². The van der Waals surface area contributed by atoms with Crippen molar-refractivity contribution in [1.29, 1.82) is 0 Å². The van der Waals surface area contributed by atoms with Gasteiger partial charge in [-0.05, 0) is 25.0 Å². The molecule has 1 aliphatic heterocycles. The quantitative estimate of drug-likeness (QED) is 0.914. The zero-order valence-electron chi connectivity index (χ0n) is 12.2. The molecule has 0 aliphatic carbocycles. The summed E-state index contributed by atoms with van der Waals surface area (Å²) in [5, 5.41) is 10.3. The summed E-state index contributed by atoms with van der Waals surface area (Å²) < 4.78 is 0. The summed E-state index contributed by atoms with van der Waals surface area (Å²) in [6.45, 7) is 4.46. The van der Waals surface area contributed by atoms with Gasteiger partial charge < -0.3 is 5.11 Å². The summed E-state index contributed by atoms with van der Waals surface area (Å²) in [4.78, 5) is 15.0. The minimum absolute atomic E-state index is 0.221. The Morgan fingerprint density at radius 3 is 2.90 bits per heavy atom. The molecule has 0 unspecified atom stereocenters. The van der Waals surface area contributed by atoms with Crippen molar-refractivity contribution in [2.24, 2.45) is 5.92 Å². The van der Waals surface area contributed by atoms with E-state index >= 15 is 0 Å². The minimum Gasteiger partial charge on any atom is -0.391 e. The number of aliphatic hydroxyl groups excluding tert-OH is 1. The number of rotatable bonds is 4. The van der Waals surface area contributed by atoms with Gasteiger partial charge in [-0.25, -0.2) is 0 Å². The van der Waals surface area contributed by atoms with Crippen molar-refractivity contribution >= 4 is 0 Å². The molecule has 0 radical (unpaired) electrons. The Morgan fingerprint density at radius 2 is 2.14 bits per heavy atom. The molecule has 0 aromatic carbocycles. The number of likely N-dealkylation sites (tertiary alicyclic amines) is 1. The third kappa shape index (κ3) is 3.43. The van der Waals surface area contributed by atoms with Crippen molar-refractivity contribution < 1.29 is 5.11 Å². The molecule has 2 atom stereocenters. The standard InChI is InChI=1S/C16H20N4O/c1-12-13(3-2-4-18-12)9-20-10-14(16(21)11-20)7-15-8-17-5-6-19-15/h2-6,8,14,16,21H,7,9-11H2,1H3/t14-,16-/m1/s1. The number of hydrogen-bond donors (Lipinski definition) is 1. The summed E-state index contributed by atoms with van der Waals surface area (Å²) >= 11 is 0. The van der Waals surface area contributed by atoms with Gasteiger partial charge in [-0.15, -0.1) is 0 Å². The van der Waals surface area contributed by atoms with E-state index in [9.17, 15) is 5.11 Å². The van der Waals surface area contributed by atoms with E-state index in [1.807, 2.05) is 19.2 Å². The second kappa shape index (κ2) is 6.28. The van der Waals surface area contributed by atoms with Crippen LogP contribution in [0.5, 0.6) is 0 Å². The van der Waals surface area contributed by atoms with Crippen LogP contribution in [0.1, 0.15) is 17.0 Å². The van der Waals surface area contributed by atoms with E-state index in [4.69, 9.17) is 0 Å². The zero-order valence-corrected chi connectivity index (χ0v) is 12.2. The van der Waals surface area contributed by atoms with Crippen molar-refractivity contribution in [2.75, 3.05) is 13.1 Å². The third-order valence-corrected chi connectivity index (χ3v) is 4.08. The Labute approximate surface area is 124 Å². The van der Waals surface area contributed by atoms with E-state index in [1.54, 1.807) is 18.6 Å². The Balaban J connectivity index is 1.62. The second-order valence-corrected chi connectivity index (χ2v) is 5.67. The maximum absolute atomic E-state index is 10.3. The molecule has 0 saturated carbocycles. The van der Waals surface area contributed by atoms with Crippen LogP contribution in [0, 0.1) is 12.8 Å². The van der Waals surface area contributed by atoms with Crippen molar-refractivity contribution in [3.8, 4) is 0 Å². The number of pyridine rings is 1. The molecule has 110 valence electrons. The van der Waals surface area contributed by atoms with E-state index in [0.717, 1.165) is 30.9 Å². The van der Waals surface area contributed by atoms with Crippen molar-refractivity contribution in [2.45, 2.75) is 26.0 Å². The number of aliphatic hydroxyl groups is 1. The number of aryl methyl sites for hydroxylation is 1. The Bertz CT molecular complexity index is 590. The van der Waals surface area contributed by atoms with Crippen LogP contribution in [0.25, 0.3) is 0 Å². The molecule has 1 fully saturated rings. The molecule has 1 saturated heterocycles. The van der Waals surface area contributed by atoms with Crippen LogP contribution in [0.15, 0.2) is 36.9 Å². The van der Waals surface area contributed by atoms with Gasteiger partial charge in [0.2, 0.25) is 0 Å². The molecule has 0 spiro atoms. The molecule has 1 N–H and O–H groups in total. The highest BCUT2D eigenvalue weighted by atomic mass is 16.3. The van der Waals surface area contributed by atoms with Gasteiger partial charge in [0.05, 0.1) is 11.8 Å². The molecule has 2 aromatic heterocycles. The average Bonchev–Trinajstić information content (AvgIpc) is 2.82. The van der Waals surface area contributed by atoms with E-state index in [2.05, 4.69) is 25.9 Å². The molecule has 21 heavy (non-hydrogen) atoms. The molecule has 3 rings (SSSR count). The van der Waals surface area contributed by atoms with Gasteiger partial charge in [-0.1, -0.05) is 6.07 Å². The van der Waals surface area contributed by atoms with E-state index in [1.165, 1.54) is 5.56 Å². The lowest BCUT2D eigenvalue weighted by Crippen LogP contribution is -2.22. The summed E-state index contributed by atoms with van der Waals surface area (Å²) in [6, 6.07) is 4.07. The first-order chi connectivity index (χ1) is 10.2. The van der Waals surface area contributed by atoms with Gasteiger partial charge in [-0.2, -0.15) is 0 Å². The fourth-order valence-electron chi connectivity index (χ4n) is 2.90. The topological polar surface area (TPSA) is 62.1 Å². The zero-order chi connectivity index (χ0) is 14.7. The van der Waals surface area contributed by atoms with Crippen molar-refractivity contribution in [1.82, 2.24) is 19.9 Å². The monoisotopic (exact) mass is 284 g/mol. The molecule has 0 bridgehead atoms. The van der Waals surface area contributed by atoms with Crippen LogP contribution in [0.4, 0.5) is 0 Å². The molecule has 5 nitrogen and oxygen atoms in total. The van der Waals surface area contributed by atoms with Crippen LogP contribution >= 0.6 is 0 Å². The number of nitrogens with zero attached hydrogens (tertiary/aromatic N) is 4. The van der Waals surface area contributed by atoms with Gasteiger partial charge in [0.25, 0.3) is 0 Å². The summed E-state index contributed by atoms with van der Waals surface area (Å²) in [5.41, 5.74) is 3.23. The predicted molar refractivity (Wildman–Crippen MR) is 79.5 cm³/mol. The van der Waals surface area contributed by atoms with Crippen molar-refractivity contribution in [3.63, 3.8) is 0 Å². The Hall–Kier alpha value is -1.85. The number of β-amino-alcohol motifs (C(OH)–C–C–N with tert-alkyl or cyclic N) is 1. The molecule has 5 heteroatoms. The maximum Gasteiger partial charge on any atom is 0.0711 e. The van der Waals surface area contributed by atoms with Crippen LogP contribution in [-0.2, 0) is 13.0 Å². The fraction of sp³-hybridized carbons (Fsp3) is 0.438. The fourth-order valence-corrected chi connectivity index (χ4v) is 2.90. The minimum atomic E-state index is -0.302. The third-order valence-electron chi connectivity index (χ3n) is 4.08. The molecule has 3 heterocycles. The first kappa shape index (κ1) is 14.1. The van der Waals surface area contributed by atoms with Crippen LogP contribution in [0.2, 0.25) is 0 Å². The van der Waals surface area contributed by atoms with Crippen LogP contribution in [-0.4, -0.2) is 44.2 Å². The predicted octanol–water partition coefficient (Wildman–Crippen LogP) is 1.22. The summed E-state index contributed by atoms with van der Waals surface area (Å²) in [6.07, 6.45) is 7.44. The Kier molecular flexibility index (Phi) is 4.22. The smallest absolute Gasteiger partial charge is 0.0711 e. The lowest BCUT2D eigenvalue weighted by atomic mass is 10.0. The lowest BCUT2D eigenvalue weighted by molar-refractivity contribution is 0.140. The maximum atomic E-state index is 10.3.